The van der Waals surface area contributed by atoms with Gasteiger partial charge in [0.2, 0.25) is 5.95 Å². The summed E-state index contributed by atoms with van der Waals surface area (Å²) in [6.45, 7) is 7.59. The van der Waals surface area contributed by atoms with E-state index in [0.29, 0.717) is 17.9 Å². The van der Waals surface area contributed by atoms with Gasteiger partial charge < -0.3 is 20.7 Å². The molecule has 2 atom stereocenters. The second-order valence-corrected chi connectivity index (χ2v) is 12.6. The van der Waals surface area contributed by atoms with E-state index < -0.39 is 33.7 Å². The number of benzene rings is 2. The largest absolute Gasteiger partial charge is 0.489 e. The van der Waals surface area contributed by atoms with E-state index in [2.05, 4.69) is 25.9 Å². The molecule has 3 aromatic rings. The molecule has 2 aromatic carbocycles. The standard InChI is InChI=1S/C29H38ClN5O3S/c1-17(2)38-26-15-22(21-11-12-31-20(6)14-21)19(5)13-25(26)34-29-32-16-23(30)28(35-29)33-24-9-7-8-10-27(24)39(36,37)18(3)4/h7-10,13,15-18,20-21,31H,11-12,14H2,1-6H3,(H2,32,33,34,35)/i12D2,17D,18D,20D. The Morgan fingerprint density at radius 2 is 1.95 bits per heavy atom. The highest BCUT2D eigenvalue weighted by atomic mass is 35.5. The molecule has 1 aromatic heterocycles. The number of nitrogens with zero attached hydrogens (tertiary/aromatic N) is 2. The monoisotopic (exact) mass is 576 g/mol. The summed E-state index contributed by atoms with van der Waals surface area (Å²) in [6.07, 6.45) is 0.591. The zero-order chi connectivity index (χ0) is 32.9. The average molecular weight is 577 g/mol. The van der Waals surface area contributed by atoms with Gasteiger partial charge in [-0.05, 0) is 102 Å². The summed E-state index contributed by atoms with van der Waals surface area (Å²) in [4.78, 5) is 8.68. The van der Waals surface area contributed by atoms with Gasteiger partial charge in [-0.1, -0.05) is 23.7 Å². The number of hydrogen-bond acceptors (Lipinski definition) is 8. The van der Waals surface area contributed by atoms with Crippen LogP contribution in [-0.4, -0.2) is 42.2 Å². The van der Waals surface area contributed by atoms with Crippen LogP contribution in [0, 0.1) is 6.92 Å². The Morgan fingerprint density at radius 1 is 1.21 bits per heavy atom. The number of halogens is 1. The molecular weight excluding hydrogens is 534 g/mol. The molecule has 1 saturated heterocycles. The second-order valence-electron chi connectivity index (χ2n) is 9.95. The molecule has 10 heteroatoms. The summed E-state index contributed by atoms with van der Waals surface area (Å²) < 4.78 is 73.8. The van der Waals surface area contributed by atoms with Crippen molar-refractivity contribution in [1.82, 2.24) is 15.3 Å². The van der Waals surface area contributed by atoms with Crippen LogP contribution in [0.15, 0.2) is 47.5 Å². The molecule has 1 aliphatic heterocycles. The van der Waals surface area contributed by atoms with E-state index in [4.69, 9.17) is 23.2 Å². The summed E-state index contributed by atoms with van der Waals surface area (Å²) in [5.41, 5.74) is 2.28. The topological polar surface area (TPSA) is 105 Å². The number of hydrogen-bond donors (Lipinski definition) is 3. The predicted molar refractivity (Wildman–Crippen MR) is 159 cm³/mol. The SMILES string of the molecule is [2H]C1([2H])CC(c2cc(OC([2H])(C)C)c(Nc3ncc(Cl)c(Nc4ccccc4S(=O)(=O)C([2H])(C)C)n3)cc2C)CC([2H])(C)N1. The van der Waals surface area contributed by atoms with Gasteiger partial charge in [0.1, 0.15) is 10.8 Å². The van der Waals surface area contributed by atoms with Crippen molar-refractivity contribution in [2.45, 2.75) is 82.5 Å². The lowest BCUT2D eigenvalue weighted by Gasteiger charge is -2.30. The van der Waals surface area contributed by atoms with Gasteiger partial charge in [-0.15, -0.1) is 0 Å². The third-order valence-corrected chi connectivity index (χ3v) is 8.57. The number of ether oxygens (including phenoxy) is 1. The highest BCUT2D eigenvalue weighted by Gasteiger charge is 2.25. The molecule has 2 unspecified atom stereocenters. The van der Waals surface area contributed by atoms with E-state index in [9.17, 15) is 8.42 Å². The van der Waals surface area contributed by atoms with Crippen molar-refractivity contribution in [2.24, 2.45) is 0 Å². The van der Waals surface area contributed by atoms with Crippen molar-refractivity contribution in [3.8, 4) is 5.75 Å². The van der Waals surface area contributed by atoms with Gasteiger partial charge >= 0.3 is 0 Å². The third-order valence-electron chi connectivity index (χ3n) is 6.28. The molecule has 4 rings (SSSR count). The van der Waals surface area contributed by atoms with E-state index in [0.717, 1.165) is 11.1 Å². The normalized spacial score (nSPS) is 23.5. The Bertz CT molecular complexity index is 1640. The Balaban J connectivity index is 1.71. The summed E-state index contributed by atoms with van der Waals surface area (Å²) in [6, 6.07) is 8.60. The van der Waals surface area contributed by atoms with E-state index in [1.807, 2.05) is 6.92 Å². The van der Waals surface area contributed by atoms with Crippen molar-refractivity contribution in [3.63, 3.8) is 0 Å². The molecule has 1 fully saturated rings. The smallest absolute Gasteiger partial charge is 0.229 e. The van der Waals surface area contributed by atoms with Crippen LogP contribution in [0.4, 0.5) is 23.1 Å². The highest BCUT2D eigenvalue weighted by Crippen LogP contribution is 2.38. The molecule has 2 heterocycles. The van der Waals surface area contributed by atoms with Gasteiger partial charge in [0.05, 0.1) is 35.1 Å². The van der Waals surface area contributed by atoms with Gasteiger partial charge in [0, 0.05) is 11.5 Å². The maximum Gasteiger partial charge on any atom is 0.229 e. The first-order valence-electron chi connectivity index (χ1n) is 15.1. The van der Waals surface area contributed by atoms with Crippen LogP contribution in [0.2, 0.25) is 5.02 Å². The van der Waals surface area contributed by atoms with Crippen molar-refractivity contribution >= 4 is 44.6 Å². The molecule has 0 amide bonds. The van der Waals surface area contributed by atoms with Crippen molar-refractivity contribution in [1.29, 1.82) is 0 Å². The molecule has 0 bridgehead atoms. The minimum Gasteiger partial charge on any atom is -0.489 e. The average Bonchev–Trinajstić information content (AvgIpc) is 2.84. The van der Waals surface area contributed by atoms with Crippen molar-refractivity contribution < 1.29 is 20.0 Å². The fraction of sp³-hybridized carbons (Fsp3) is 0.448. The predicted octanol–water partition coefficient (Wildman–Crippen LogP) is 6.75. The third kappa shape index (κ3) is 6.83. The van der Waals surface area contributed by atoms with Crippen LogP contribution < -0.4 is 20.7 Å². The fourth-order valence-corrected chi connectivity index (χ4v) is 5.62. The molecule has 0 radical (unpaired) electrons. The zero-order valence-electron chi connectivity index (χ0n) is 27.9. The number of para-hydroxylation sites is 1. The molecule has 210 valence electrons. The van der Waals surface area contributed by atoms with E-state index in [-0.39, 0.29) is 39.7 Å². The van der Waals surface area contributed by atoms with E-state index in [1.165, 1.54) is 26.1 Å². The molecule has 0 saturated carbocycles. The number of nitrogens with one attached hydrogen (secondary N) is 3. The minimum atomic E-state index is -4.03. The Morgan fingerprint density at radius 3 is 2.64 bits per heavy atom. The summed E-state index contributed by atoms with van der Waals surface area (Å²) in [5, 5.41) is 7.18. The highest BCUT2D eigenvalue weighted by molar-refractivity contribution is 7.92. The van der Waals surface area contributed by atoms with Crippen LogP contribution in [0.3, 0.4) is 0 Å². The van der Waals surface area contributed by atoms with Crippen molar-refractivity contribution in [2.75, 3.05) is 17.1 Å². The lowest BCUT2D eigenvalue weighted by Crippen LogP contribution is -2.35. The van der Waals surface area contributed by atoms with E-state index >= 15 is 0 Å². The van der Waals surface area contributed by atoms with Gasteiger partial charge in [-0.25, -0.2) is 13.4 Å². The first-order chi connectivity index (χ1) is 20.1. The fourth-order valence-electron chi connectivity index (χ4n) is 4.37. The maximum atomic E-state index is 13.1. The number of aromatic nitrogens is 2. The molecule has 3 N–H and O–H groups in total. The zero-order valence-corrected chi connectivity index (χ0v) is 24.5. The van der Waals surface area contributed by atoms with Gasteiger partial charge in [-0.3, -0.25) is 0 Å². The quantitative estimate of drug-likeness (QED) is 0.257. The first-order valence-corrected chi connectivity index (χ1v) is 14.5. The molecular formula is C29H38ClN5O3S. The second kappa shape index (κ2) is 12.1. The Kier molecular flexibility index (Phi) is 7.10. The van der Waals surface area contributed by atoms with E-state index in [1.54, 1.807) is 51.1 Å². The Hall–Kier alpha value is -2.88. The summed E-state index contributed by atoms with van der Waals surface area (Å²) in [5.74, 6) is 0.276. The molecule has 8 nitrogen and oxygen atoms in total. The number of sulfone groups is 1. The van der Waals surface area contributed by atoms with Gasteiger partial charge in [-0.2, -0.15) is 4.98 Å². The van der Waals surface area contributed by atoms with Crippen molar-refractivity contribution in [3.05, 3.63) is 58.7 Å². The van der Waals surface area contributed by atoms with Crippen LogP contribution in [0.5, 0.6) is 5.75 Å². The maximum absolute atomic E-state index is 13.1. The summed E-state index contributed by atoms with van der Waals surface area (Å²) in [7, 11) is -4.03. The minimum absolute atomic E-state index is 0.0742. The lowest BCUT2D eigenvalue weighted by molar-refractivity contribution is 0.243. The van der Waals surface area contributed by atoms with Gasteiger partial charge in [0.15, 0.2) is 15.7 Å². The molecule has 39 heavy (non-hydrogen) atoms. The molecule has 1 aliphatic rings. The van der Waals surface area contributed by atoms with Crippen LogP contribution in [0.25, 0.3) is 0 Å². The molecule has 0 aliphatic carbocycles. The number of aryl methyl sites for hydroxylation is 1. The number of piperidine rings is 1. The number of anilines is 4. The Labute approximate surface area is 243 Å². The van der Waals surface area contributed by atoms with Crippen LogP contribution >= 0.6 is 11.6 Å². The van der Waals surface area contributed by atoms with Crippen LogP contribution in [-0.2, 0) is 9.84 Å². The van der Waals surface area contributed by atoms with Gasteiger partial charge in [0.25, 0.3) is 0 Å². The lowest BCUT2D eigenvalue weighted by atomic mass is 9.84. The first kappa shape index (κ1) is 22.9. The summed E-state index contributed by atoms with van der Waals surface area (Å²) >= 11 is 6.40. The van der Waals surface area contributed by atoms with Crippen LogP contribution in [0.1, 0.15) is 71.4 Å². The number of rotatable bonds is 9. The molecule has 0 spiro atoms.